The molecule has 2 aromatic carbocycles. The van der Waals surface area contributed by atoms with Gasteiger partial charge in [0.25, 0.3) is 0 Å². The van der Waals surface area contributed by atoms with Crippen LogP contribution in [0.5, 0.6) is 5.88 Å². The first kappa shape index (κ1) is 22.1. The highest BCUT2D eigenvalue weighted by Crippen LogP contribution is 2.47. The van der Waals surface area contributed by atoms with Gasteiger partial charge in [0.1, 0.15) is 6.61 Å². The van der Waals surface area contributed by atoms with Gasteiger partial charge in [-0.3, -0.25) is 0 Å². The SMILES string of the molecule is CCOc1ccc(C2(O)CC3CCC(C2)N3C(=O)OCC2c3ccccc3-c3ccccc32)cn1. The van der Waals surface area contributed by atoms with Gasteiger partial charge >= 0.3 is 6.09 Å². The molecule has 1 aliphatic carbocycles. The number of nitrogens with zero attached hydrogens (tertiary/aromatic N) is 2. The van der Waals surface area contributed by atoms with E-state index in [0.717, 1.165) is 18.4 Å². The number of rotatable bonds is 5. The number of fused-ring (bicyclic) bond motifs is 5. The molecule has 2 unspecified atom stereocenters. The van der Waals surface area contributed by atoms with Crippen molar-refractivity contribution < 1.29 is 19.4 Å². The van der Waals surface area contributed by atoms with E-state index in [4.69, 9.17) is 9.47 Å². The Hall–Kier alpha value is -3.38. The van der Waals surface area contributed by atoms with Crippen LogP contribution in [0.3, 0.4) is 0 Å². The summed E-state index contributed by atoms with van der Waals surface area (Å²) in [5.41, 5.74) is 4.64. The Morgan fingerprint density at radius 2 is 1.63 bits per heavy atom. The Labute approximate surface area is 205 Å². The van der Waals surface area contributed by atoms with E-state index < -0.39 is 5.60 Å². The van der Waals surface area contributed by atoms with Crippen molar-refractivity contribution in [3.05, 3.63) is 83.6 Å². The van der Waals surface area contributed by atoms with Crippen LogP contribution < -0.4 is 4.74 Å². The van der Waals surface area contributed by atoms with E-state index in [9.17, 15) is 9.90 Å². The van der Waals surface area contributed by atoms with Gasteiger partial charge in [-0.2, -0.15) is 0 Å². The minimum absolute atomic E-state index is 0.0408. The van der Waals surface area contributed by atoms with Crippen molar-refractivity contribution in [2.24, 2.45) is 0 Å². The predicted molar refractivity (Wildman–Crippen MR) is 132 cm³/mol. The van der Waals surface area contributed by atoms with Gasteiger partial charge in [-0.05, 0) is 48.1 Å². The molecule has 0 saturated carbocycles. The lowest BCUT2D eigenvalue weighted by molar-refractivity contribution is -0.0533. The number of pyridine rings is 1. The van der Waals surface area contributed by atoms with Crippen molar-refractivity contribution in [2.45, 2.75) is 56.2 Å². The maximum atomic E-state index is 13.3. The molecule has 6 nitrogen and oxygen atoms in total. The second kappa shape index (κ2) is 8.68. The number of benzene rings is 2. The Morgan fingerprint density at radius 3 is 2.20 bits per heavy atom. The average Bonchev–Trinajstić information content (AvgIpc) is 3.35. The predicted octanol–water partition coefficient (Wildman–Crippen LogP) is 5.24. The lowest BCUT2D eigenvalue weighted by Gasteiger charge is -2.43. The number of ether oxygens (including phenoxy) is 2. The van der Waals surface area contributed by atoms with E-state index in [1.165, 1.54) is 22.3 Å². The van der Waals surface area contributed by atoms with Crippen molar-refractivity contribution >= 4 is 6.09 Å². The van der Waals surface area contributed by atoms with Crippen LogP contribution in [0.15, 0.2) is 66.9 Å². The van der Waals surface area contributed by atoms with Gasteiger partial charge in [0.15, 0.2) is 0 Å². The Kier molecular flexibility index (Phi) is 5.49. The molecule has 0 spiro atoms. The molecule has 2 fully saturated rings. The van der Waals surface area contributed by atoms with Gasteiger partial charge in [0.05, 0.1) is 12.2 Å². The van der Waals surface area contributed by atoms with E-state index in [-0.39, 0.29) is 24.1 Å². The van der Waals surface area contributed by atoms with Crippen LogP contribution >= 0.6 is 0 Å². The largest absolute Gasteiger partial charge is 0.478 e. The third-order valence-corrected chi connectivity index (χ3v) is 7.88. The van der Waals surface area contributed by atoms with Gasteiger partial charge in [-0.25, -0.2) is 9.78 Å². The zero-order valence-electron chi connectivity index (χ0n) is 19.9. The van der Waals surface area contributed by atoms with Crippen molar-refractivity contribution in [1.29, 1.82) is 0 Å². The molecular formula is C29H30N2O4. The van der Waals surface area contributed by atoms with E-state index in [0.29, 0.717) is 31.9 Å². The molecule has 6 rings (SSSR count). The van der Waals surface area contributed by atoms with Crippen LogP contribution in [0.2, 0.25) is 0 Å². The lowest BCUT2D eigenvalue weighted by atomic mass is 9.81. The van der Waals surface area contributed by atoms with Crippen molar-refractivity contribution in [3.63, 3.8) is 0 Å². The van der Waals surface area contributed by atoms with Crippen LogP contribution in [-0.4, -0.2) is 46.4 Å². The van der Waals surface area contributed by atoms with Gasteiger partial charge in [0, 0.05) is 48.7 Å². The van der Waals surface area contributed by atoms with Crippen LogP contribution in [0.1, 0.15) is 55.2 Å². The minimum Gasteiger partial charge on any atom is -0.478 e. The second-order valence-corrected chi connectivity index (χ2v) is 9.85. The highest BCUT2D eigenvalue weighted by molar-refractivity contribution is 5.79. The number of carbonyl (C=O) groups is 1. The molecule has 2 aliphatic heterocycles. The number of hydrogen-bond donors (Lipinski definition) is 1. The summed E-state index contributed by atoms with van der Waals surface area (Å²) in [6.07, 6.45) is 4.16. The first-order valence-corrected chi connectivity index (χ1v) is 12.5. The quantitative estimate of drug-likeness (QED) is 0.552. The molecule has 1 N–H and O–H groups in total. The van der Waals surface area contributed by atoms with Gasteiger partial charge in [0.2, 0.25) is 5.88 Å². The molecule has 1 amide bonds. The Balaban J connectivity index is 1.16. The van der Waals surface area contributed by atoms with Crippen molar-refractivity contribution in [2.75, 3.05) is 13.2 Å². The number of amides is 1. The molecule has 0 radical (unpaired) electrons. The van der Waals surface area contributed by atoms with Crippen molar-refractivity contribution in [1.82, 2.24) is 9.88 Å². The third kappa shape index (κ3) is 3.76. The maximum absolute atomic E-state index is 13.3. The summed E-state index contributed by atoms with van der Waals surface area (Å²) < 4.78 is 11.4. The summed E-state index contributed by atoms with van der Waals surface area (Å²) in [4.78, 5) is 19.5. The van der Waals surface area contributed by atoms with Gasteiger partial charge < -0.3 is 19.5 Å². The van der Waals surface area contributed by atoms with E-state index >= 15 is 0 Å². The second-order valence-electron chi connectivity index (χ2n) is 9.85. The third-order valence-electron chi connectivity index (χ3n) is 7.88. The summed E-state index contributed by atoms with van der Waals surface area (Å²) in [5, 5.41) is 11.5. The number of carbonyl (C=O) groups excluding carboxylic acids is 1. The maximum Gasteiger partial charge on any atom is 0.410 e. The normalized spacial score (nSPS) is 24.7. The fourth-order valence-corrected chi connectivity index (χ4v) is 6.32. The molecule has 2 atom stereocenters. The van der Waals surface area contributed by atoms with E-state index in [1.807, 2.05) is 30.0 Å². The fraction of sp³-hybridized carbons (Fsp3) is 0.379. The fourth-order valence-electron chi connectivity index (χ4n) is 6.32. The molecule has 3 aliphatic rings. The van der Waals surface area contributed by atoms with E-state index in [2.05, 4.69) is 41.4 Å². The van der Waals surface area contributed by atoms with Crippen LogP contribution in [0, 0.1) is 0 Å². The van der Waals surface area contributed by atoms with Crippen molar-refractivity contribution in [3.8, 4) is 17.0 Å². The summed E-state index contributed by atoms with van der Waals surface area (Å²) in [7, 11) is 0. The van der Waals surface area contributed by atoms with E-state index in [1.54, 1.807) is 12.3 Å². The monoisotopic (exact) mass is 470 g/mol. The number of hydrogen-bond acceptors (Lipinski definition) is 5. The number of aromatic nitrogens is 1. The highest BCUT2D eigenvalue weighted by Gasteiger charge is 2.51. The standard InChI is InChI=1S/C29H30N2O4/c1-2-34-27-14-11-19(17-30-27)29(33)15-20-12-13-21(16-29)31(20)28(32)35-18-26-24-9-5-3-7-22(24)23-8-4-6-10-25(23)26/h3-11,14,17,20-21,26,33H,2,12-13,15-16,18H2,1H3. The first-order chi connectivity index (χ1) is 17.1. The topological polar surface area (TPSA) is 71.9 Å². The summed E-state index contributed by atoms with van der Waals surface area (Å²) in [6, 6.07) is 20.3. The molecule has 3 aromatic rings. The zero-order valence-corrected chi connectivity index (χ0v) is 19.9. The number of aliphatic hydroxyl groups is 1. The average molecular weight is 471 g/mol. The lowest BCUT2D eigenvalue weighted by Crippen LogP contribution is -2.52. The number of piperidine rings is 1. The first-order valence-electron chi connectivity index (χ1n) is 12.5. The summed E-state index contributed by atoms with van der Waals surface area (Å²) in [6.45, 7) is 2.78. The summed E-state index contributed by atoms with van der Waals surface area (Å²) in [5.74, 6) is 0.597. The molecule has 6 heteroatoms. The molecule has 35 heavy (non-hydrogen) atoms. The van der Waals surface area contributed by atoms with Crippen LogP contribution in [0.4, 0.5) is 4.79 Å². The van der Waals surface area contributed by atoms with Crippen LogP contribution in [-0.2, 0) is 10.3 Å². The zero-order chi connectivity index (χ0) is 24.0. The molecular weight excluding hydrogens is 440 g/mol. The summed E-state index contributed by atoms with van der Waals surface area (Å²) >= 11 is 0. The highest BCUT2D eigenvalue weighted by atomic mass is 16.6. The molecule has 2 bridgehead atoms. The Bertz CT molecular complexity index is 1180. The van der Waals surface area contributed by atoms with Crippen LogP contribution in [0.25, 0.3) is 11.1 Å². The molecule has 3 heterocycles. The molecule has 1 aromatic heterocycles. The Morgan fingerprint density at radius 1 is 1.00 bits per heavy atom. The minimum atomic E-state index is -0.996. The molecule has 2 saturated heterocycles. The smallest absolute Gasteiger partial charge is 0.410 e. The van der Waals surface area contributed by atoms with Gasteiger partial charge in [-0.1, -0.05) is 48.5 Å². The van der Waals surface area contributed by atoms with Gasteiger partial charge in [-0.15, -0.1) is 0 Å². The molecule has 180 valence electrons.